The van der Waals surface area contributed by atoms with E-state index in [0.717, 1.165) is 11.1 Å². The molecule has 1 aromatic carbocycles. The Hall–Kier alpha value is -2.04. The molecule has 3 N–H and O–H groups in total. The lowest BCUT2D eigenvalue weighted by atomic mass is 9.88. The Balaban J connectivity index is 2.54. The van der Waals surface area contributed by atoms with Gasteiger partial charge in [-0.3, -0.25) is 4.79 Å². The van der Waals surface area contributed by atoms with Crippen molar-refractivity contribution in [2.75, 3.05) is 6.54 Å². The first-order valence-corrected chi connectivity index (χ1v) is 7.13. The SMILES string of the molecule is CCC(C)(CNC(=O)NC(C)c1ccc(C)cc1)C(=O)O. The number of urea groups is 1. The number of benzene rings is 1. The van der Waals surface area contributed by atoms with Gasteiger partial charge in [-0.1, -0.05) is 36.8 Å². The molecule has 5 nitrogen and oxygen atoms in total. The second kappa shape index (κ2) is 7.11. The van der Waals surface area contributed by atoms with Crippen molar-refractivity contribution in [3.63, 3.8) is 0 Å². The van der Waals surface area contributed by atoms with Gasteiger partial charge in [0.2, 0.25) is 0 Å². The van der Waals surface area contributed by atoms with E-state index in [1.54, 1.807) is 13.8 Å². The minimum atomic E-state index is -0.940. The van der Waals surface area contributed by atoms with E-state index in [1.165, 1.54) is 0 Å². The highest BCUT2D eigenvalue weighted by molar-refractivity contribution is 5.78. The maximum atomic E-state index is 11.9. The van der Waals surface area contributed by atoms with Gasteiger partial charge in [-0.05, 0) is 32.8 Å². The van der Waals surface area contributed by atoms with Crippen LogP contribution >= 0.6 is 0 Å². The van der Waals surface area contributed by atoms with Crippen molar-refractivity contribution in [3.8, 4) is 0 Å². The van der Waals surface area contributed by atoms with E-state index in [-0.39, 0.29) is 18.6 Å². The topological polar surface area (TPSA) is 78.4 Å². The van der Waals surface area contributed by atoms with Crippen LogP contribution in [0.4, 0.5) is 4.79 Å². The van der Waals surface area contributed by atoms with E-state index < -0.39 is 11.4 Å². The van der Waals surface area contributed by atoms with Crippen molar-refractivity contribution in [2.45, 2.75) is 40.2 Å². The van der Waals surface area contributed by atoms with Crippen molar-refractivity contribution in [1.29, 1.82) is 0 Å². The second-order valence-corrected chi connectivity index (χ2v) is 5.68. The Morgan fingerprint density at radius 2 is 1.86 bits per heavy atom. The largest absolute Gasteiger partial charge is 0.481 e. The minimum absolute atomic E-state index is 0.102. The number of aliphatic carboxylic acids is 1. The summed E-state index contributed by atoms with van der Waals surface area (Å²) < 4.78 is 0. The number of hydrogen-bond acceptors (Lipinski definition) is 2. The molecule has 0 aliphatic heterocycles. The lowest BCUT2D eigenvalue weighted by Crippen LogP contribution is -2.45. The molecule has 1 rings (SSSR count). The third kappa shape index (κ3) is 4.77. The molecule has 0 saturated carbocycles. The van der Waals surface area contributed by atoms with Gasteiger partial charge >= 0.3 is 12.0 Å². The van der Waals surface area contributed by atoms with Gasteiger partial charge in [0.15, 0.2) is 0 Å². The molecule has 0 aromatic heterocycles. The quantitative estimate of drug-likeness (QED) is 0.754. The number of carbonyl (C=O) groups excluding carboxylic acids is 1. The standard InChI is InChI=1S/C16H24N2O3/c1-5-16(4,14(19)20)10-17-15(21)18-12(3)13-8-6-11(2)7-9-13/h6-9,12H,5,10H2,1-4H3,(H,19,20)(H2,17,18,21). The molecule has 0 aliphatic carbocycles. The summed E-state index contributed by atoms with van der Waals surface area (Å²) in [5.74, 6) is -0.906. The van der Waals surface area contributed by atoms with Gasteiger partial charge in [-0.2, -0.15) is 0 Å². The van der Waals surface area contributed by atoms with Crippen LogP contribution in [-0.4, -0.2) is 23.7 Å². The molecule has 0 radical (unpaired) electrons. The molecule has 0 aliphatic rings. The number of aryl methyl sites for hydroxylation is 1. The van der Waals surface area contributed by atoms with Gasteiger partial charge in [-0.15, -0.1) is 0 Å². The van der Waals surface area contributed by atoms with E-state index in [9.17, 15) is 9.59 Å². The molecule has 1 aromatic rings. The summed E-state index contributed by atoms with van der Waals surface area (Å²) in [6.45, 7) is 7.42. The summed E-state index contributed by atoms with van der Waals surface area (Å²) in [5.41, 5.74) is 1.23. The second-order valence-electron chi connectivity index (χ2n) is 5.68. The minimum Gasteiger partial charge on any atom is -0.481 e. The van der Waals surface area contributed by atoms with Crippen LogP contribution in [0.2, 0.25) is 0 Å². The van der Waals surface area contributed by atoms with Crippen LogP contribution in [0.1, 0.15) is 44.4 Å². The Kier molecular flexibility index (Phi) is 5.76. The molecular weight excluding hydrogens is 268 g/mol. The smallest absolute Gasteiger partial charge is 0.315 e. The van der Waals surface area contributed by atoms with Gasteiger partial charge in [0, 0.05) is 6.54 Å². The van der Waals surface area contributed by atoms with Crippen molar-refractivity contribution in [1.82, 2.24) is 10.6 Å². The van der Waals surface area contributed by atoms with E-state index in [1.807, 2.05) is 38.1 Å². The van der Waals surface area contributed by atoms with Crippen LogP contribution < -0.4 is 10.6 Å². The van der Waals surface area contributed by atoms with Crippen molar-refractivity contribution in [3.05, 3.63) is 35.4 Å². The van der Waals surface area contributed by atoms with E-state index in [2.05, 4.69) is 10.6 Å². The van der Waals surface area contributed by atoms with Gasteiger partial charge in [-0.25, -0.2) is 4.79 Å². The zero-order valence-corrected chi connectivity index (χ0v) is 13.1. The Morgan fingerprint density at radius 3 is 2.33 bits per heavy atom. The molecule has 2 amide bonds. The van der Waals surface area contributed by atoms with Crippen LogP contribution in [0.3, 0.4) is 0 Å². The molecule has 5 heteroatoms. The summed E-state index contributed by atoms with van der Waals surface area (Å²) in [7, 11) is 0. The molecule has 21 heavy (non-hydrogen) atoms. The van der Waals surface area contributed by atoms with Crippen LogP contribution in [0.15, 0.2) is 24.3 Å². The lowest BCUT2D eigenvalue weighted by molar-refractivity contribution is -0.147. The molecule has 0 saturated heterocycles. The van der Waals surface area contributed by atoms with Crippen molar-refractivity contribution in [2.24, 2.45) is 5.41 Å². The van der Waals surface area contributed by atoms with Crippen LogP contribution in [0, 0.1) is 12.3 Å². The fourth-order valence-electron chi connectivity index (χ4n) is 1.81. The number of amides is 2. The van der Waals surface area contributed by atoms with Crippen molar-refractivity contribution >= 4 is 12.0 Å². The number of rotatable bonds is 6. The average molecular weight is 292 g/mol. The third-order valence-electron chi connectivity index (χ3n) is 3.86. The average Bonchev–Trinajstić information content (AvgIpc) is 2.45. The Bertz CT molecular complexity index is 499. The number of nitrogens with one attached hydrogen (secondary N) is 2. The number of carbonyl (C=O) groups is 2. The van der Waals surface area contributed by atoms with E-state index >= 15 is 0 Å². The molecule has 2 atom stereocenters. The number of hydrogen-bond donors (Lipinski definition) is 3. The highest BCUT2D eigenvalue weighted by Gasteiger charge is 2.31. The van der Waals surface area contributed by atoms with Crippen LogP contribution in [0.25, 0.3) is 0 Å². The summed E-state index contributed by atoms with van der Waals surface area (Å²) in [4.78, 5) is 23.0. The van der Waals surface area contributed by atoms with Gasteiger partial charge in [0.25, 0.3) is 0 Å². The van der Waals surface area contributed by atoms with Crippen LogP contribution in [0.5, 0.6) is 0 Å². The highest BCUT2D eigenvalue weighted by atomic mass is 16.4. The molecule has 0 fully saturated rings. The van der Waals surface area contributed by atoms with Crippen LogP contribution in [-0.2, 0) is 4.79 Å². The monoisotopic (exact) mass is 292 g/mol. The van der Waals surface area contributed by atoms with Gasteiger partial charge in [0.05, 0.1) is 11.5 Å². The molecule has 0 spiro atoms. The normalized spacial score (nSPS) is 14.9. The number of carboxylic acid groups (broad SMARTS) is 1. The predicted octanol–water partition coefficient (Wildman–Crippen LogP) is 2.86. The molecule has 0 heterocycles. The maximum absolute atomic E-state index is 11.9. The first kappa shape index (κ1) is 17.0. The molecule has 0 bridgehead atoms. The van der Waals surface area contributed by atoms with E-state index in [4.69, 9.17) is 5.11 Å². The first-order valence-electron chi connectivity index (χ1n) is 7.13. The third-order valence-corrected chi connectivity index (χ3v) is 3.86. The van der Waals surface area contributed by atoms with Crippen molar-refractivity contribution < 1.29 is 14.7 Å². The molecule has 116 valence electrons. The molecular formula is C16H24N2O3. The Labute approximate surface area is 125 Å². The summed E-state index contributed by atoms with van der Waals surface area (Å²) in [6.07, 6.45) is 0.454. The van der Waals surface area contributed by atoms with Gasteiger partial charge in [0.1, 0.15) is 0 Å². The highest BCUT2D eigenvalue weighted by Crippen LogP contribution is 2.20. The summed E-state index contributed by atoms with van der Waals surface area (Å²) in [6, 6.07) is 7.42. The predicted molar refractivity (Wildman–Crippen MR) is 82.2 cm³/mol. The fourth-order valence-corrected chi connectivity index (χ4v) is 1.81. The first-order chi connectivity index (χ1) is 9.78. The molecule has 2 unspecified atom stereocenters. The number of carboxylic acids is 1. The fraction of sp³-hybridized carbons (Fsp3) is 0.500. The zero-order chi connectivity index (χ0) is 16.0. The summed E-state index contributed by atoms with van der Waals surface area (Å²) >= 11 is 0. The lowest BCUT2D eigenvalue weighted by Gasteiger charge is -2.24. The maximum Gasteiger partial charge on any atom is 0.315 e. The summed E-state index contributed by atoms with van der Waals surface area (Å²) in [5, 5.41) is 14.6. The Morgan fingerprint density at radius 1 is 1.29 bits per heavy atom. The van der Waals surface area contributed by atoms with E-state index in [0.29, 0.717) is 6.42 Å². The zero-order valence-electron chi connectivity index (χ0n) is 13.1. The van der Waals surface area contributed by atoms with Gasteiger partial charge < -0.3 is 15.7 Å².